The number of halogens is 1. The van der Waals surface area contributed by atoms with Crippen molar-refractivity contribution in [1.82, 2.24) is 39.4 Å². The number of anilines is 2. The Hall–Kier alpha value is -4.47. The lowest BCUT2D eigenvalue weighted by atomic mass is 10.0. The molecule has 4 heterocycles. The number of amides is 1. The van der Waals surface area contributed by atoms with Crippen molar-refractivity contribution >= 4 is 23.5 Å². The number of imidazole rings is 2. The number of nitrogens with one attached hydrogen (secondary N) is 3. The zero-order chi connectivity index (χ0) is 25.7. The van der Waals surface area contributed by atoms with Crippen molar-refractivity contribution in [2.75, 3.05) is 5.32 Å². The van der Waals surface area contributed by atoms with Gasteiger partial charge in [0, 0.05) is 29.4 Å². The van der Waals surface area contributed by atoms with Crippen LogP contribution in [-0.2, 0) is 4.74 Å². The largest absolute Gasteiger partial charge is 0.443 e. The molecular formula is C24H25FN10O2. The molecule has 37 heavy (non-hydrogen) atoms. The van der Waals surface area contributed by atoms with Gasteiger partial charge in [-0.05, 0) is 39.5 Å². The topological polar surface area (TPSA) is 151 Å². The minimum atomic E-state index is -1.35. The molecule has 1 amide bonds. The molecular weight excluding hydrogens is 479 g/mol. The fourth-order valence-electron chi connectivity index (χ4n) is 4.65. The number of alkyl halides is 1. The smallest absolute Gasteiger partial charge is 0.407 e. The van der Waals surface area contributed by atoms with Crippen LogP contribution in [0.5, 0.6) is 0 Å². The first-order chi connectivity index (χ1) is 17.8. The molecule has 2 saturated carbocycles. The Bertz CT molecular complexity index is 1530. The van der Waals surface area contributed by atoms with E-state index in [1.165, 1.54) is 0 Å². The lowest BCUT2D eigenvalue weighted by molar-refractivity contribution is 0.0546. The third-order valence-corrected chi connectivity index (χ3v) is 6.98. The number of alkyl carbamates (subject to hydrolysis) is 1. The number of H-pyrrole nitrogens is 1. The van der Waals surface area contributed by atoms with Gasteiger partial charge in [0.05, 0.1) is 24.4 Å². The van der Waals surface area contributed by atoms with E-state index >= 15 is 4.39 Å². The maximum absolute atomic E-state index is 15.2. The maximum atomic E-state index is 15.2. The Morgan fingerprint density at radius 1 is 1.32 bits per heavy atom. The van der Waals surface area contributed by atoms with Crippen LogP contribution in [0.4, 0.5) is 21.0 Å². The highest BCUT2D eigenvalue weighted by atomic mass is 19.1. The summed E-state index contributed by atoms with van der Waals surface area (Å²) < 4.78 is 24.0. The van der Waals surface area contributed by atoms with Crippen LogP contribution in [0.15, 0.2) is 31.0 Å². The quantitative estimate of drug-likeness (QED) is 0.361. The summed E-state index contributed by atoms with van der Waals surface area (Å²) in [5.41, 5.74) is 2.62. The van der Waals surface area contributed by atoms with Gasteiger partial charge in [0.15, 0.2) is 17.2 Å². The van der Waals surface area contributed by atoms with Crippen LogP contribution < -0.4 is 10.6 Å². The first kappa shape index (κ1) is 23.0. The number of carbonyl (C=O) groups is 1. The van der Waals surface area contributed by atoms with E-state index in [9.17, 15) is 10.1 Å². The SMILES string of the molecule is Cc1cn(-c2cnc(Nc3cc([C@H]4CC[C@@H](OC(=O)NC5(C)CC5)[C@H]4F)[nH]n3)n3cc(C#N)nc23)cn1. The standard InChI is InChI=1S/C24H25FN10O2/c1-13-10-34(12-28-13)17-9-27-22(35-11-14(8-26)29-21(17)35)30-19-7-16(32-33-19)15-3-4-18(20(15)25)37-23(36)31-24(2)5-6-24/h7,9-12,15,18,20H,3-6H2,1-2H3,(H,31,36)(H2,27,30,32,33)/t15-,18-,20+/m1/s1. The van der Waals surface area contributed by atoms with Gasteiger partial charge in [-0.2, -0.15) is 10.4 Å². The molecule has 190 valence electrons. The molecule has 0 aromatic carbocycles. The summed E-state index contributed by atoms with van der Waals surface area (Å²) in [6, 6.07) is 3.77. The van der Waals surface area contributed by atoms with E-state index in [4.69, 9.17) is 4.74 Å². The highest BCUT2D eigenvalue weighted by molar-refractivity contribution is 5.69. The van der Waals surface area contributed by atoms with E-state index in [1.54, 1.807) is 33.8 Å². The van der Waals surface area contributed by atoms with Crippen molar-refractivity contribution in [3.8, 4) is 11.8 Å². The molecule has 2 aliphatic rings. The lowest BCUT2D eigenvalue weighted by Gasteiger charge is -2.19. The van der Waals surface area contributed by atoms with Gasteiger partial charge in [-0.25, -0.2) is 24.1 Å². The Balaban J connectivity index is 1.19. The number of hydrogen-bond acceptors (Lipinski definition) is 8. The van der Waals surface area contributed by atoms with Crippen molar-refractivity contribution in [2.24, 2.45) is 0 Å². The molecule has 3 atom stereocenters. The molecule has 2 fully saturated rings. The summed E-state index contributed by atoms with van der Waals surface area (Å²) in [5.74, 6) is 0.339. The van der Waals surface area contributed by atoms with Gasteiger partial charge >= 0.3 is 6.09 Å². The Morgan fingerprint density at radius 3 is 2.89 bits per heavy atom. The highest BCUT2D eigenvalue weighted by Crippen LogP contribution is 2.39. The molecule has 0 unspecified atom stereocenters. The molecule has 2 aliphatic carbocycles. The molecule has 12 nitrogen and oxygen atoms in total. The number of aromatic nitrogens is 7. The molecule has 0 spiro atoms. The van der Waals surface area contributed by atoms with Crippen LogP contribution in [0.2, 0.25) is 0 Å². The number of fused-ring (bicyclic) bond motifs is 1. The van der Waals surface area contributed by atoms with Gasteiger partial charge in [-0.15, -0.1) is 0 Å². The predicted octanol–water partition coefficient (Wildman–Crippen LogP) is 3.42. The third-order valence-electron chi connectivity index (χ3n) is 6.98. The second-order valence-electron chi connectivity index (χ2n) is 9.91. The van der Waals surface area contributed by atoms with Crippen molar-refractivity contribution < 1.29 is 13.9 Å². The fourth-order valence-corrected chi connectivity index (χ4v) is 4.65. The second kappa shape index (κ2) is 8.58. The van der Waals surface area contributed by atoms with Crippen LogP contribution in [0, 0.1) is 18.3 Å². The second-order valence-corrected chi connectivity index (χ2v) is 9.91. The zero-order valence-corrected chi connectivity index (χ0v) is 20.3. The van der Waals surface area contributed by atoms with Crippen LogP contribution in [0.3, 0.4) is 0 Å². The predicted molar refractivity (Wildman–Crippen MR) is 129 cm³/mol. The number of nitriles is 1. The molecule has 0 saturated heterocycles. The summed E-state index contributed by atoms with van der Waals surface area (Å²) in [6.45, 7) is 3.82. The Morgan fingerprint density at radius 2 is 2.16 bits per heavy atom. The average Bonchev–Trinajstić information content (AvgIpc) is 3.36. The van der Waals surface area contributed by atoms with Gasteiger partial charge in [0.25, 0.3) is 0 Å². The molecule has 0 bridgehead atoms. The maximum Gasteiger partial charge on any atom is 0.407 e. The minimum Gasteiger partial charge on any atom is -0.443 e. The van der Waals surface area contributed by atoms with Crippen molar-refractivity contribution in [2.45, 2.75) is 63.3 Å². The van der Waals surface area contributed by atoms with Gasteiger partial charge in [0.2, 0.25) is 5.95 Å². The Labute approximate surface area is 210 Å². The van der Waals surface area contributed by atoms with Gasteiger partial charge in [-0.3, -0.25) is 9.50 Å². The van der Waals surface area contributed by atoms with Gasteiger partial charge < -0.3 is 19.9 Å². The molecule has 0 aliphatic heterocycles. The summed E-state index contributed by atoms with van der Waals surface area (Å²) in [6.07, 6.45) is 6.75. The summed E-state index contributed by atoms with van der Waals surface area (Å²) in [4.78, 5) is 25.3. The number of hydrogen-bond donors (Lipinski definition) is 3. The molecule has 4 aromatic rings. The number of nitrogens with zero attached hydrogens (tertiary/aromatic N) is 7. The lowest BCUT2D eigenvalue weighted by Crippen LogP contribution is -2.38. The third kappa shape index (κ3) is 4.35. The first-order valence-corrected chi connectivity index (χ1v) is 12.1. The molecule has 0 radical (unpaired) electrons. The minimum absolute atomic E-state index is 0.219. The monoisotopic (exact) mass is 504 g/mol. The van der Waals surface area contributed by atoms with Crippen LogP contribution in [-0.4, -0.2) is 58.0 Å². The van der Waals surface area contributed by atoms with Crippen molar-refractivity contribution in [3.63, 3.8) is 0 Å². The van der Waals surface area contributed by atoms with Crippen molar-refractivity contribution in [3.05, 3.63) is 48.1 Å². The molecule has 3 N–H and O–H groups in total. The normalized spacial score (nSPS) is 22.1. The van der Waals surface area contributed by atoms with Crippen molar-refractivity contribution in [1.29, 1.82) is 5.26 Å². The molecule has 13 heteroatoms. The summed E-state index contributed by atoms with van der Waals surface area (Å²) in [7, 11) is 0. The highest BCUT2D eigenvalue weighted by Gasteiger charge is 2.43. The van der Waals surface area contributed by atoms with E-state index in [-0.39, 0.29) is 11.2 Å². The van der Waals surface area contributed by atoms with Crippen LogP contribution in [0.25, 0.3) is 11.3 Å². The number of aromatic amines is 1. The summed E-state index contributed by atoms with van der Waals surface area (Å²) in [5, 5.41) is 22.5. The number of rotatable bonds is 6. The first-order valence-electron chi connectivity index (χ1n) is 12.1. The van der Waals surface area contributed by atoms with E-state index in [2.05, 4.69) is 41.9 Å². The number of carbonyl (C=O) groups excluding carboxylic acids is 1. The Kier molecular flexibility index (Phi) is 5.32. The fraction of sp³-hybridized carbons (Fsp3) is 0.417. The number of aryl methyl sites for hydroxylation is 1. The van der Waals surface area contributed by atoms with E-state index in [0.29, 0.717) is 41.6 Å². The van der Waals surface area contributed by atoms with Gasteiger partial charge in [0.1, 0.15) is 24.0 Å². The zero-order valence-electron chi connectivity index (χ0n) is 20.3. The number of ether oxygens (including phenoxy) is 1. The van der Waals surface area contributed by atoms with E-state index in [0.717, 1.165) is 18.5 Å². The van der Waals surface area contributed by atoms with E-state index in [1.807, 2.05) is 20.0 Å². The van der Waals surface area contributed by atoms with Crippen LogP contribution >= 0.6 is 0 Å². The van der Waals surface area contributed by atoms with Gasteiger partial charge in [-0.1, -0.05) is 0 Å². The average molecular weight is 505 g/mol. The summed E-state index contributed by atoms with van der Waals surface area (Å²) >= 11 is 0. The molecule has 4 aromatic heterocycles. The van der Waals surface area contributed by atoms with Crippen LogP contribution in [0.1, 0.15) is 55.6 Å². The molecule has 6 rings (SSSR count). The van der Waals surface area contributed by atoms with E-state index < -0.39 is 24.3 Å².